The van der Waals surface area contributed by atoms with E-state index < -0.39 is 0 Å². The van der Waals surface area contributed by atoms with Crippen molar-refractivity contribution in [3.05, 3.63) is 58.9 Å². The highest BCUT2D eigenvalue weighted by Crippen LogP contribution is 2.33. The highest BCUT2D eigenvalue weighted by molar-refractivity contribution is 7.11. The topological polar surface area (TPSA) is 63.7 Å². The molecule has 0 unspecified atom stereocenters. The van der Waals surface area contributed by atoms with Crippen LogP contribution < -0.4 is 10.6 Å². The van der Waals surface area contributed by atoms with Gasteiger partial charge in [-0.2, -0.15) is 0 Å². The first kappa shape index (κ1) is 18.4. The second-order valence-corrected chi connectivity index (χ2v) is 7.40. The van der Waals surface area contributed by atoms with Crippen molar-refractivity contribution >= 4 is 39.7 Å². The largest absolute Gasteiger partial charge is 0.388 e. The van der Waals surface area contributed by atoms with Crippen LogP contribution in [0.25, 0.3) is 16.5 Å². The molecule has 136 valence electrons. The Labute approximate surface area is 158 Å². The van der Waals surface area contributed by atoms with Gasteiger partial charge < -0.3 is 21.0 Å². The number of nitrogens with one attached hydrogen (secondary N) is 4. The van der Waals surface area contributed by atoms with E-state index in [0.717, 1.165) is 23.7 Å². The van der Waals surface area contributed by atoms with Crippen LogP contribution in [-0.2, 0) is 0 Å². The van der Waals surface area contributed by atoms with Gasteiger partial charge in [-0.25, -0.2) is 0 Å². The van der Waals surface area contributed by atoms with Crippen molar-refractivity contribution in [1.82, 2.24) is 10.3 Å². The number of allylic oxidation sites excluding steroid dienone is 1. The van der Waals surface area contributed by atoms with Crippen LogP contribution in [0.5, 0.6) is 0 Å². The molecule has 4 N–H and O–H groups in total. The lowest BCUT2D eigenvalue weighted by Crippen LogP contribution is -2.28. The Balaban J connectivity index is 0.000000236. The molecule has 0 aliphatic carbocycles. The first-order chi connectivity index (χ1) is 12.7. The van der Waals surface area contributed by atoms with Gasteiger partial charge >= 0.3 is 0 Å². The predicted molar refractivity (Wildman–Crippen MR) is 115 cm³/mol. The van der Waals surface area contributed by atoms with Crippen LogP contribution in [-0.4, -0.2) is 31.3 Å². The van der Waals surface area contributed by atoms with Crippen molar-refractivity contribution in [1.29, 1.82) is 5.41 Å². The van der Waals surface area contributed by atoms with Crippen LogP contribution in [0.3, 0.4) is 0 Å². The van der Waals surface area contributed by atoms with E-state index >= 15 is 0 Å². The predicted octanol–water partition coefficient (Wildman–Crippen LogP) is 4.97. The Morgan fingerprint density at radius 3 is 2.73 bits per heavy atom. The van der Waals surface area contributed by atoms with Gasteiger partial charge in [0, 0.05) is 46.5 Å². The minimum absolute atomic E-state index is 0.610. The molecule has 26 heavy (non-hydrogen) atoms. The summed E-state index contributed by atoms with van der Waals surface area (Å²) in [6, 6.07) is 10.3. The minimum Gasteiger partial charge on any atom is -0.388 e. The van der Waals surface area contributed by atoms with E-state index in [1.54, 1.807) is 11.3 Å². The van der Waals surface area contributed by atoms with Crippen molar-refractivity contribution in [2.24, 2.45) is 5.92 Å². The van der Waals surface area contributed by atoms with Crippen molar-refractivity contribution in [3.63, 3.8) is 0 Å². The lowest BCUT2D eigenvalue weighted by molar-refractivity contribution is 0.447. The summed E-state index contributed by atoms with van der Waals surface area (Å²) >= 11 is 1.58. The number of aromatic amines is 1. The molecule has 0 amide bonds. The van der Waals surface area contributed by atoms with Gasteiger partial charge in [-0.15, -0.1) is 11.3 Å². The lowest BCUT2D eigenvalue weighted by Gasteiger charge is -2.24. The molecule has 0 atom stereocenters. The van der Waals surface area contributed by atoms with Gasteiger partial charge in [-0.3, -0.25) is 0 Å². The fourth-order valence-corrected chi connectivity index (χ4v) is 3.84. The Morgan fingerprint density at radius 2 is 2.12 bits per heavy atom. The normalized spacial score (nSPS) is 14.5. The highest BCUT2D eigenvalue weighted by Gasteiger charge is 2.19. The highest BCUT2D eigenvalue weighted by atomic mass is 32.1. The third-order valence-corrected chi connectivity index (χ3v) is 5.65. The van der Waals surface area contributed by atoms with E-state index in [1.807, 2.05) is 24.6 Å². The van der Waals surface area contributed by atoms with Gasteiger partial charge in [0.05, 0.1) is 0 Å². The average Bonchev–Trinajstić information content (AvgIpc) is 3.37. The third kappa shape index (κ3) is 4.23. The number of thiophene rings is 1. The van der Waals surface area contributed by atoms with Gasteiger partial charge in [0.2, 0.25) is 0 Å². The number of aromatic nitrogens is 1. The molecular formula is C21H26N4S. The van der Waals surface area contributed by atoms with Crippen molar-refractivity contribution < 1.29 is 0 Å². The summed E-state index contributed by atoms with van der Waals surface area (Å²) in [6.07, 6.45) is 5.84. The number of H-pyrrole nitrogens is 1. The zero-order valence-corrected chi connectivity index (χ0v) is 16.0. The molecule has 1 aliphatic heterocycles. The fourth-order valence-electron chi connectivity index (χ4n) is 3.31. The maximum absolute atomic E-state index is 6.75. The molecule has 1 fully saturated rings. The van der Waals surface area contributed by atoms with Crippen LogP contribution in [0.1, 0.15) is 23.3 Å². The summed E-state index contributed by atoms with van der Waals surface area (Å²) < 4.78 is 0. The number of benzene rings is 1. The van der Waals surface area contributed by atoms with E-state index in [4.69, 9.17) is 5.41 Å². The molecule has 4 nitrogen and oxygen atoms in total. The average molecular weight is 367 g/mol. The van der Waals surface area contributed by atoms with Crippen LogP contribution in [0.15, 0.2) is 48.5 Å². The van der Waals surface area contributed by atoms with Gasteiger partial charge in [0.25, 0.3) is 0 Å². The summed E-state index contributed by atoms with van der Waals surface area (Å²) in [7, 11) is 1.95. The summed E-state index contributed by atoms with van der Waals surface area (Å²) in [5, 5.41) is 16.6. The van der Waals surface area contributed by atoms with Gasteiger partial charge in [-0.1, -0.05) is 12.6 Å². The van der Waals surface area contributed by atoms with Crippen LogP contribution in [0, 0.1) is 11.3 Å². The minimum atomic E-state index is 0.610. The molecule has 0 spiro atoms. The number of fused-ring (bicyclic) bond motifs is 1. The zero-order valence-electron chi connectivity index (χ0n) is 15.1. The molecule has 3 heterocycles. The monoisotopic (exact) mass is 366 g/mol. The second-order valence-electron chi connectivity index (χ2n) is 6.42. The maximum Gasteiger partial charge on any atom is 0.0461 e. The molecule has 4 rings (SSSR count). The van der Waals surface area contributed by atoms with E-state index in [2.05, 4.69) is 46.6 Å². The maximum atomic E-state index is 6.75. The molecule has 3 aromatic rings. The molecular weight excluding hydrogens is 340 g/mol. The van der Waals surface area contributed by atoms with Crippen LogP contribution >= 0.6 is 11.3 Å². The summed E-state index contributed by atoms with van der Waals surface area (Å²) in [5.41, 5.74) is 4.88. The van der Waals surface area contributed by atoms with E-state index in [9.17, 15) is 0 Å². The van der Waals surface area contributed by atoms with Gasteiger partial charge in [-0.05, 0) is 67.1 Å². The molecule has 5 heteroatoms. The fraction of sp³-hybridized carbons (Fsp3) is 0.286. The van der Waals surface area contributed by atoms with E-state index in [-0.39, 0.29) is 0 Å². The Kier molecular flexibility index (Phi) is 6.26. The van der Waals surface area contributed by atoms with Crippen LogP contribution in [0.4, 0.5) is 5.69 Å². The summed E-state index contributed by atoms with van der Waals surface area (Å²) in [5.74, 6) is 0.610. The molecule has 0 bridgehead atoms. The number of rotatable bonds is 4. The first-order valence-electron chi connectivity index (χ1n) is 8.95. The van der Waals surface area contributed by atoms with Gasteiger partial charge in [0.15, 0.2) is 0 Å². The summed E-state index contributed by atoms with van der Waals surface area (Å²) in [4.78, 5) is 4.37. The van der Waals surface area contributed by atoms with Crippen LogP contribution in [0.2, 0.25) is 0 Å². The Hall–Kier alpha value is -2.37. The lowest BCUT2D eigenvalue weighted by atomic mass is 9.86. The SMILES string of the molecule is C=C(c1c[nH]c2ccc(NC)cc12)C1CCNCC1.N=Cc1cccs1. The first-order valence-corrected chi connectivity index (χ1v) is 9.83. The molecule has 0 saturated carbocycles. The summed E-state index contributed by atoms with van der Waals surface area (Å²) in [6.45, 7) is 6.57. The molecule has 1 aliphatic rings. The second kappa shape index (κ2) is 8.83. The molecule has 0 radical (unpaired) electrons. The van der Waals surface area contributed by atoms with E-state index in [0.29, 0.717) is 5.92 Å². The quantitative estimate of drug-likeness (QED) is 0.493. The van der Waals surface area contributed by atoms with Crippen molar-refractivity contribution in [2.45, 2.75) is 12.8 Å². The number of hydrogen-bond donors (Lipinski definition) is 4. The standard InChI is InChI=1S/C16H21N3.C5H5NS/c1-11(12-5-7-18-8-6-12)15-10-19-16-4-3-13(17-2)9-14(15)16;6-4-5-2-1-3-7-5/h3-4,9-10,12,17-19H,1,5-8H2,2H3;1-4,6H. The number of anilines is 1. The molecule has 1 saturated heterocycles. The van der Waals surface area contributed by atoms with E-state index in [1.165, 1.54) is 41.1 Å². The zero-order chi connectivity index (χ0) is 18.4. The number of hydrogen-bond acceptors (Lipinski definition) is 4. The molecule has 2 aromatic heterocycles. The Morgan fingerprint density at radius 1 is 1.31 bits per heavy atom. The van der Waals surface area contributed by atoms with Gasteiger partial charge in [0.1, 0.15) is 0 Å². The Bertz CT molecular complexity index is 857. The smallest absolute Gasteiger partial charge is 0.0461 e. The van der Waals surface area contributed by atoms with Crippen molar-refractivity contribution in [3.8, 4) is 0 Å². The van der Waals surface area contributed by atoms with Crippen molar-refractivity contribution in [2.75, 3.05) is 25.5 Å². The number of piperidine rings is 1. The molecule has 1 aromatic carbocycles. The third-order valence-electron chi connectivity index (χ3n) is 4.83.